The molecule has 6 nitrogen and oxygen atoms in total. The summed E-state index contributed by atoms with van der Waals surface area (Å²) in [5.41, 5.74) is 6.86. The van der Waals surface area contributed by atoms with Crippen molar-refractivity contribution in [2.24, 2.45) is 11.1 Å². The summed E-state index contributed by atoms with van der Waals surface area (Å²) in [6.07, 6.45) is 0.162. The Kier molecular flexibility index (Phi) is 5.82. The highest BCUT2D eigenvalue weighted by Crippen LogP contribution is 2.29. The van der Waals surface area contributed by atoms with E-state index in [4.69, 9.17) is 5.73 Å². The van der Waals surface area contributed by atoms with Crippen LogP contribution in [0.4, 0.5) is 10.7 Å². The summed E-state index contributed by atoms with van der Waals surface area (Å²) in [5.74, 6) is -0.747. The lowest BCUT2D eigenvalue weighted by Gasteiger charge is -2.16. The van der Waals surface area contributed by atoms with Crippen LogP contribution >= 0.6 is 11.3 Å². The van der Waals surface area contributed by atoms with Gasteiger partial charge in [0.2, 0.25) is 11.8 Å². The summed E-state index contributed by atoms with van der Waals surface area (Å²) < 4.78 is 0. The molecule has 0 radical (unpaired) electrons. The number of amides is 3. The molecule has 0 spiro atoms. The van der Waals surface area contributed by atoms with Crippen LogP contribution in [0.1, 0.15) is 41.6 Å². The Labute approximate surface area is 156 Å². The van der Waals surface area contributed by atoms with E-state index in [1.165, 1.54) is 11.3 Å². The van der Waals surface area contributed by atoms with Crippen LogP contribution in [-0.2, 0) is 16.0 Å². The van der Waals surface area contributed by atoms with Crippen molar-refractivity contribution >= 4 is 39.7 Å². The number of carbonyl (C=O) groups is 3. The van der Waals surface area contributed by atoms with E-state index in [0.717, 1.165) is 11.1 Å². The Morgan fingerprint density at radius 3 is 2.23 bits per heavy atom. The van der Waals surface area contributed by atoms with Gasteiger partial charge in [-0.05, 0) is 36.2 Å². The lowest BCUT2D eigenvalue weighted by atomic mass is 9.96. The number of hydrogen-bond acceptors (Lipinski definition) is 4. The van der Waals surface area contributed by atoms with Gasteiger partial charge in [-0.15, -0.1) is 11.3 Å². The number of nitrogens with one attached hydrogen (secondary N) is 2. The molecule has 1 aromatic carbocycles. The second-order valence-corrected chi connectivity index (χ2v) is 8.17. The van der Waals surface area contributed by atoms with Crippen LogP contribution in [0.3, 0.4) is 0 Å². The maximum absolute atomic E-state index is 12.5. The average molecular weight is 373 g/mol. The second kappa shape index (κ2) is 7.70. The van der Waals surface area contributed by atoms with E-state index in [1.807, 2.05) is 27.7 Å². The van der Waals surface area contributed by atoms with Gasteiger partial charge in [-0.1, -0.05) is 32.9 Å². The summed E-state index contributed by atoms with van der Waals surface area (Å²) in [6.45, 7) is 7.32. The molecule has 0 atom stereocenters. The molecule has 7 heteroatoms. The van der Waals surface area contributed by atoms with E-state index in [0.29, 0.717) is 15.6 Å². The number of aryl methyl sites for hydroxylation is 1. The number of nitrogens with two attached hydrogens (primary N) is 1. The lowest BCUT2D eigenvalue weighted by molar-refractivity contribution is -0.123. The van der Waals surface area contributed by atoms with Crippen LogP contribution in [-0.4, -0.2) is 17.7 Å². The topological polar surface area (TPSA) is 101 Å². The molecule has 4 N–H and O–H groups in total. The number of benzene rings is 1. The summed E-state index contributed by atoms with van der Waals surface area (Å²) in [6, 6.07) is 8.73. The molecule has 0 bridgehead atoms. The minimum Gasteiger partial charge on any atom is -0.369 e. The third-order valence-corrected chi connectivity index (χ3v) is 4.78. The van der Waals surface area contributed by atoms with E-state index in [2.05, 4.69) is 10.6 Å². The molecule has 2 aromatic rings. The first-order chi connectivity index (χ1) is 12.1. The summed E-state index contributed by atoms with van der Waals surface area (Å²) in [7, 11) is 0. The molecule has 3 amide bonds. The van der Waals surface area contributed by atoms with Gasteiger partial charge >= 0.3 is 0 Å². The Balaban J connectivity index is 2.08. The fraction of sp³-hybridized carbons (Fsp3) is 0.316. The van der Waals surface area contributed by atoms with Crippen molar-refractivity contribution in [2.75, 3.05) is 10.6 Å². The molecule has 0 saturated heterocycles. The van der Waals surface area contributed by atoms with Gasteiger partial charge in [0.15, 0.2) is 0 Å². The minimum absolute atomic E-state index is 0.101. The largest absolute Gasteiger partial charge is 0.369 e. The number of hydrogen-bond donors (Lipinski definition) is 3. The molecule has 2 rings (SSSR count). The summed E-state index contributed by atoms with van der Waals surface area (Å²) in [4.78, 5) is 36.0. The van der Waals surface area contributed by atoms with E-state index >= 15 is 0 Å². The van der Waals surface area contributed by atoms with Crippen LogP contribution in [0.15, 0.2) is 30.3 Å². The van der Waals surface area contributed by atoms with Gasteiger partial charge < -0.3 is 16.4 Å². The standard InChI is InChI=1S/C19H23N3O3S/c1-11-9-15(22-18(25)19(2,3)4)26-16(11)17(24)21-13-7-5-12(6-8-13)10-14(20)23/h5-9H,10H2,1-4H3,(H2,20,23)(H,21,24)(H,22,25). The van der Waals surface area contributed by atoms with Gasteiger partial charge in [-0.2, -0.15) is 0 Å². The smallest absolute Gasteiger partial charge is 0.266 e. The van der Waals surface area contributed by atoms with E-state index in [9.17, 15) is 14.4 Å². The average Bonchev–Trinajstić information content (AvgIpc) is 2.88. The summed E-state index contributed by atoms with van der Waals surface area (Å²) in [5, 5.41) is 6.31. The fourth-order valence-corrected chi connectivity index (χ4v) is 3.13. The number of anilines is 2. The van der Waals surface area contributed by atoms with Crippen molar-refractivity contribution in [3.05, 3.63) is 46.3 Å². The number of carbonyl (C=O) groups excluding carboxylic acids is 3. The van der Waals surface area contributed by atoms with Crippen molar-refractivity contribution < 1.29 is 14.4 Å². The predicted octanol–water partition coefficient (Wildman–Crippen LogP) is 3.32. The Bertz CT molecular complexity index is 833. The molecule has 26 heavy (non-hydrogen) atoms. The molecule has 1 heterocycles. The molecule has 0 fully saturated rings. The highest BCUT2D eigenvalue weighted by Gasteiger charge is 2.23. The minimum atomic E-state index is -0.507. The van der Waals surface area contributed by atoms with Crippen molar-refractivity contribution in [3.63, 3.8) is 0 Å². The summed E-state index contributed by atoms with van der Waals surface area (Å²) >= 11 is 1.24. The molecule has 0 saturated carbocycles. The van der Waals surface area contributed by atoms with Crippen molar-refractivity contribution in [1.29, 1.82) is 0 Å². The van der Waals surface area contributed by atoms with Crippen LogP contribution in [0.2, 0.25) is 0 Å². The molecule has 0 aliphatic carbocycles. The van der Waals surface area contributed by atoms with Gasteiger partial charge in [0.05, 0.1) is 16.3 Å². The van der Waals surface area contributed by atoms with Gasteiger partial charge in [-0.25, -0.2) is 0 Å². The quantitative estimate of drug-likeness (QED) is 0.749. The van der Waals surface area contributed by atoms with Crippen LogP contribution in [0.5, 0.6) is 0 Å². The maximum Gasteiger partial charge on any atom is 0.266 e. The molecule has 0 aliphatic rings. The van der Waals surface area contributed by atoms with Crippen LogP contribution in [0, 0.1) is 12.3 Å². The van der Waals surface area contributed by atoms with Crippen molar-refractivity contribution in [1.82, 2.24) is 0 Å². The maximum atomic E-state index is 12.5. The van der Waals surface area contributed by atoms with Gasteiger partial charge in [0.1, 0.15) is 0 Å². The molecular formula is C19H23N3O3S. The number of primary amides is 1. The van der Waals surface area contributed by atoms with Gasteiger partial charge in [0.25, 0.3) is 5.91 Å². The first-order valence-corrected chi connectivity index (χ1v) is 8.98. The molecule has 0 unspecified atom stereocenters. The van der Waals surface area contributed by atoms with Gasteiger partial charge in [-0.3, -0.25) is 14.4 Å². The predicted molar refractivity (Wildman–Crippen MR) is 104 cm³/mol. The Morgan fingerprint density at radius 2 is 1.69 bits per heavy atom. The van der Waals surface area contributed by atoms with E-state index in [-0.39, 0.29) is 18.2 Å². The van der Waals surface area contributed by atoms with Crippen LogP contribution in [0.25, 0.3) is 0 Å². The first-order valence-electron chi connectivity index (χ1n) is 8.17. The molecular weight excluding hydrogens is 350 g/mol. The number of thiophene rings is 1. The SMILES string of the molecule is Cc1cc(NC(=O)C(C)(C)C)sc1C(=O)Nc1ccc(CC(N)=O)cc1. The third-order valence-electron chi connectivity index (χ3n) is 3.63. The lowest BCUT2D eigenvalue weighted by Crippen LogP contribution is -2.27. The highest BCUT2D eigenvalue weighted by atomic mass is 32.1. The van der Waals surface area contributed by atoms with Crippen LogP contribution < -0.4 is 16.4 Å². The monoisotopic (exact) mass is 373 g/mol. The Morgan fingerprint density at radius 1 is 1.08 bits per heavy atom. The zero-order chi connectivity index (χ0) is 19.5. The molecule has 1 aromatic heterocycles. The number of rotatable bonds is 5. The zero-order valence-corrected chi connectivity index (χ0v) is 16.1. The Hall–Kier alpha value is -2.67. The fourth-order valence-electron chi connectivity index (χ4n) is 2.16. The van der Waals surface area contributed by atoms with Crippen molar-refractivity contribution in [3.8, 4) is 0 Å². The second-order valence-electron chi connectivity index (χ2n) is 7.12. The van der Waals surface area contributed by atoms with Gasteiger partial charge in [0, 0.05) is 11.1 Å². The normalized spacial score (nSPS) is 11.1. The third kappa shape index (κ3) is 5.16. The first kappa shape index (κ1) is 19.7. The highest BCUT2D eigenvalue weighted by molar-refractivity contribution is 7.18. The van der Waals surface area contributed by atoms with E-state index in [1.54, 1.807) is 30.3 Å². The van der Waals surface area contributed by atoms with E-state index < -0.39 is 11.3 Å². The molecule has 138 valence electrons. The molecule has 0 aliphatic heterocycles. The van der Waals surface area contributed by atoms with Crippen molar-refractivity contribution in [2.45, 2.75) is 34.1 Å². The zero-order valence-electron chi connectivity index (χ0n) is 15.3.